The first-order valence-corrected chi connectivity index (χ1v) is 8.47. The van der Waals surface area contributed by atoms with Gasteiger partial charge < -0.3 is 20.5 Å². The number of ether oxygens (including phenoxy) is 1. The van der Waals surface area contributed by atoms with Gasteiger partial charge in [-0.1, -0.05) is 15.9 Å². The van der Waals surface area contributed by atoms with Crippen LogP contribution in [-0.2, 0) is 4.79 Å². The Bertz CT molecular complexity index is 821. The highest BCUT2D eigenvalue weighted by atomic mass is 79.9. The van der Waals surface area contributed by atoms with Crippen molar-refractivity contribution in [3.8, 4) is 5.75 Å². The van der Waals surface area contributed by atoms with E-state index in [1.54, 1.807) is 30.3 Å². The van der Waals surface area contributed by atoms with Crippen LogP contribution in [0, 0.1) is 0 Å². The monoisotopic (exact) mass is 420 g/mol. The van der Waals surface area contributed by atoms with Gasteiger partial charge in [0.2, 0.25) is 5.91 Å². The molecule has 0 bridgehead atoms. The second-order valence-corrected chi connectivity index (χ2v) is 6.22. The summed E-state index contributed by atoms with van der Waals surface area (Å²) < 4.78 is 6.05. The molecule has 2 aromatic carbocycles. The van der Waals surface area contributed by atoms with E-state index in [1.807, 2.05) is 0 Å². The van der Waals surface area contributed by atoms with Gasteiger partial charge in [0.1, 0.15) is 12.4 Å². The first-order valence-electron chi connectivity index (χ1n) is 7.68. The molecule has 0 heterocycles. The predicted octanol–water partition coefficient (Wildman–Crippen LogP) is 2.91. The number of nitrogens with one attached hydrogen (secondary N) is 2. The van der Waals surface area contributed by atoms with E-state index in [0.29, 0.717) is 28.9 Å². The fourth-order valence-corrected chi connectivity index (χ4v) is 2.46. The third-order valence-electron chi connectivity index (χ3n) is 3.32. The Morgan fingerprint density at radius 2 is 1.81 bits per heavy atom. The molecular formula is C18H17BrN2O5. The van der Waals surface area contributed by atoms with E-state index in [9.17, 15) is 19.5 Å². The Hall–Kier alpha value is -2.87. The molecular weight excluding hydrogens is 404 g/mol. The molecule has 2 rings (SSSR count). The van der Waals surface area contributed by atoms with Crippen molar-refractivity contribution in [1.82, 2.24) is 5.32 Å². The van der Waals surface area contributed by atoms with Crippen LogP contribution in [0.3, 0.4) is 0 Å². The number of rotatable bonds is 7. The summed E-state index contributed by atoms with van der Waals surface area (Å²) in [6, 6.07) is 11.0. The summed E-state index contributed by atoms with van der Waals surface area (Å²) >= 11 is 3.20. The summed E-state index contributed by atoms with van der Waals surface area (Å²) in [6.07, 6.45) is 0. The van der Waals surface area contributed by atoms with Crippen LogP contribution in [0.5, 0.6) is 5.75 Å². The smallest absolute Gasteiger partial charge is 0.337 e. The average molecular weight is 421 g/mol. The van der Waals surface area contributed by atoms with Crippen molar-refractivity contribution in [1.29, 1.82) is 0 Å². The Labute approximate surface area is 158 Å². The molecule has 7 nitrogen and oxygen atoms in total. The first-order chi connectivity index (χ1) is 12.4. The number of carbonyl (C=O) groups is 3. The number of halogens is 1. The van der Waals surface area contributed by atoms with E-state index in [4.69, 9.17) is 4.74 Å². The maximum absolute atomic E-state index is 12.3. The first kappa shape index (κ1) is 19.5. The summed E-state index contributed by atoms with van der Waals surface area (Å²) in [5.41, 5.74) is 0.561. The van der Waals surface area contributed by atoms with Gasteiger partial charge in [-0.15, -0.1) is 0 Å². The zero-order chi connectivity index (χ0) is 19.1. The van der Waals surface area contributed by atoms with Crippen LogP contribution in [0.4, 0.5) is 5.69 Å². The predicted molar refractivity (Wildman–Crippen MR) is 99.7 cm³/mol. The fraction of sp³-hybridized carbons (Fsp3) is 0.167. The topological polar surface area (TPSA) is 105 Å². The molecule has 26 heavy (non-hydrogen) atoms. The Morgan fingerprint density at radius 1 is 1.12 bits per heavy atom. The molecule has 2 aromatic rings. The number of carbonyl (C=O) groups excluding carboxylic acids is 2. The van der Waals surface area contributed by atoms with E-state index in [1.165, 1.54) is 19.1 Å². The van der Waals surface area contributed by atoms with Crippen LogP contribution < -0.4 is 15.4 Å². The van der Waals surface area contributed by atoms with Crippen LogP contribution in [0.2, 0.25) is 0 Å². The number of aromatic carboxylic acids is 1. The van der Waals surface area contributed by atoms with Gasteiger partial charge in [0.25, 0.3) is 5.91 Å². The van der Waals surface area contributed by atoms with Crippen LogP contribution in [0.25, 0.3) is 0 Å². The fourth-order valence-electron chi connectivity index (χ4n) is 2.10. The zero-order valence-electron chi connectivity index (χ0n) is 13.9. The standard InChI is InChI=1S/C18H17BrN2O5/c1-11(22)20-8-9-26-14-5-2-12(3-6-14)17(23)21-16-7-4-13(19)10-15(16)18(24)25/h2-7,10H,8-9H2,1H3,(H,20,22)(H,21,23)(H,24,25). The van der Waals surface area contributed by atoms with Crippen molar-refractivity contribution in [2.24, 2.45) is 0 Å². The van der Waals surface area contributed by atoms with E-state index in [0.717, 1.165) is 0 Å². The van der Waals surface area contributed by atoms with Crippen LogP contribution in [-0.4, -0.2) is 36.0 Å². The largest absolute Gasteiger partial charge is 0.492 e. The molecule has 0 aliphatic heterocycles. The Balaban J connectivity index is 2.00. The van der Waals surface area contributed by atoms with E-state index >= 15 is 0 Å². The molecule has 0 saturated carbocycles. The van der Waals surface area contributed by atoms with Crippen molar-refractivity contribution in [3.05, 3.63) is 58.1 Å². The van der Waals surface area contributed by atoms with Crippen LogP contribution in [0.1, 0.15) is 27.6 Å². The van der Waals surface area contributed by atoms with Gasteiger partial charge in [0.15, 0.2) is 0 Å². The summed E-state index contributed by atoms with van der Waals surface area (Å²) in [4.78, 5) is 34.4. The van der Waals surface area contributed by atoms with Gasteiger partial charge in [-0.3, -0.25) is 9.59 Å². The van der Waals surface area contributed by atoms with Crippen molar-refractivity contribution >= 4 is 39.4 Å². The second kappa shape index (κ2) is 9.00. The van der Waals surface area contributed by atoms with Gasteiger partial charge in [0.05, 0.1) is 17.8 Å². The number of benzene rings is 2. The molecule has 0 fully saturated rings. The number of anilines is 1. The lowest BCUT2D eigenvalue weighted by molar-refractivity contribution is -0.119. The van der Waals surface area contributed by atoms with Crippen LogP contribution >= 0.6 is 15.9 Å². The van der Waals surface area contributed by atoms with Gasteiger partial charge in [-0.05, 0) is 42.5 Å². The normalized spacial score (nSPS) is 10.1. The molecule has 8 heteroatoms. The quantitative estimate of drug-likeness (QED) is 0.597. The Morgan fingerprint density at radius 3 is 2.42 bits per heavy atom. The Kier molecular flexibility index (Phi) is 6.74. The SMILES string of the molecule is CC(=O)NCCOc1ccc(C(=O)Nc2ccc(Br)cc2C(=O)O)cc1. The van der Waals surface area contributed by atoms with E-state index in [-0.39, 0.29) is 17.2 Å². The maximum Gasteiger partial charge on any atom is 0.337 e. The zero-order valence-corrected chi connectivity index (χ0v) is 15.5. The summed E-state index contributed by atoms with van der Waals surface area (Å²) in [7, 11) is 0. The van der Waals surface area contributed by atoms with E-state index < -0.39 is 11.9 Å². The summed E-state index contributed by atoms with van der Waals surface area (Å²) in [6.45, 7) is 2.12. The van der Waals surface area contributed by atoms with Crippen LogP contribution in [0.15, 0.2) is 46.9 Å². The molecule has 136 valence electrons. The minimum absolute atomic E-state index is 0.00866. The number of hydrogen-bond acceptors (Lipinski definition) is 4. The van der Waals surface area contributed by atoms with E-state index in [2.05, 4.69) is 26.6 Å². The van der Waals surface area contributed by atoms with Gasteiger partial charge in [0, 0.05) is 17.0 Å². The minimum Gasteiger partial charge on any atom is -0.492 e. The lowest BCUT2D eigenvalue weighted by Crippen LogP contribution is -2.25. The highest BCUT2D eigenvalue weighted by Crippen LogP contribution is 2.22. The second-order valence-electron chi connectivity index (χ2n) is 5.30. The number of amides is 2. The van der Waals surface area contributed by atoms with Gasteiger partial charge in [-0.2, -0.15) is 0 Å². The van der Waals surface area contributed by atoms with Crippen molar-refractivity contribution in [2.45, 2.75) is 6.92 Å². The summed E-state index contributed by atoms with van der Waals surface area (Å²) in [5, 5.41) is 14.4. The van der Waals surface area contributed by atoms with Crippen molar-refractivity contribution < 1.29 is 24.2 Å². The van der Waals surface area contributed by atoms with Crippen molar-refractivity contribution in [3.63, 3.8) is 0 Å². The highest BCUT2D eigenvalue weighted by molar-refractivity contribution is 9.10. The lowest BCUT2D eigenvalue weighted by Gasteiger charge is -2.10. The molecule has 0 radical (unpaired) electrons. The molecule has 0 saturated heterocycles. The molecule has 0 aliphatic rings. The minimum atomic E-state index is -1.13. The third-order valence-corrected chi connectivity index (χ3v) is 3.81. The maximum atomic E-state index is 12.3. The molecule has 0 unspecified atom stereocenters. The average Bonchev–Trinajstić information content (AvgIpc) is 2.60. The molecule has 0 aromatic heterocycles. The van der Waals surface area contributed by atoms with Gasteiger partial charge >= 0.3 is 5.97 Å². The summed E-state index contributed by atoms with van der Waals surface area (Å²) in [5.74, 6) is -1.14. The number of hydrogen-bond donors (Lipinski definition) is 3. The highest BCUT2D eigenvalue weighted by Gasteiger charge is 2.14. The molecule has 0 spiro atoms. The van der Waals surface area contributed by atoms with Gasteiger partial charge in [-0.25, -0.2) is 4.79 Å². The van der Waals surface area contributed by atoms with Crippen molar-refractivity contribution in [2.75, 3.05) is 18.5 Å². The third kappa shape index (κ3) is 5.59. The lowest BCUT2D eigenvalue weighted by atomic mass is 10.1. The molecule has 0 atom stereocenters. The number of carboxylic acid groups (broad SMARTS) is 1. The molecule has 2 amide bonds. The molecule has 0 aliphatic carbocycles. The number of carboxylic acids is 1. The molecule has 3 N–H and O–H groups in total.